The highest BCUT2D eigenvalue weighted by Gasteiger charge is 2.25. The molecule has 1 unspecified atom stereocenters. The van der Waals surface area contributed by atoms with E-state index in [-0.39, 0.29) is 0 Å². The standard InChI is InChI=1S/C44H86N2/c1-5-8-11-14-17-19-21-23-25-27-29-32-35-38-43(39-36-33-30-28-26-24-22-20-18-15-12-9-6-2)44-45-40-41-46(44)42(4)37-34-31-16-13-10-7-3/h40-43H,5-39H2,1-4H3/p+1. The summed E-state index contributed by atoms with van der Waals surface area (Å²) in [5, 5.41) is 0. The highest BCUT2D eigenvalue weighted by molar-refractivity contribution is 4.90. The SMILES string of the molecule is CCCCCCCCCCCCCCCC(CCCCCCCCCCCCCCC)c1[nH]cc[n+]1C(C)CCCCCCCC. The fourth-order valence-corrected chi connectivity index (χ4v) is 7.66. The van der Waals surface area contributed by atoms with Crippen LogP contribution in [0.1, 0.15) is 270 Å². The first kappa shape index (κ1) is 43.2. The molecular weight excluding hydrogens is 556 g/mol. The first-order chi connectivity index (χ1) is 22.7. The largest absolute Gasteiger partial charge is 0.257 e. The molecule has 46 heavy (non-hydrogen) atoms. The zero-order valence-electron chi connectivity index (χ0n) is 32.5. The highest BCUT2D eigenvalue weighted by atomic mass is 15.1. The number of hydrogen-bond donors (Lipinski definition) is 1. The van der Waals surface area contributed by atoms with Gasteiger partial charge in [0.2, 0.25) is 0 Å². The normalized spacial score (nSPS) is 12.5. The second-order valence-electron chi connectivity index (χ2n) is 15.4. The maximum absolute atomic E-state index is 3.76. The molecule has 272 valence electrons. The molecule has 0 amide bonds. The second-order valence-corrected chi connectivity index (χ2v) is 15.4. The Kier molecular flexibility index (Phi) is 32.0. The summed E-state index contributed by atoms with van der Waals surface area (Å²) in [6.07, 6.45) is 54.6. The lowest BCUT2D eigenvalue weighted by Crippen LogP contribution is -2.41. The molecule has 1 aromatic heterocycles. The molecule has 0 fully saturated rings. The van der Waals surface area contributed by atoms with Crippen LogP contribution in [0.25, 0.3) is 0 Å². The van der Waals surface area contributed by atoms with Crippen LogP contribution in [0.3, 0.4) is 0 Å². The molecule has 0 spiro atoms. The molecule has 0 aliphatic carbocycles. The van der Waals surface area contributed by atoms with Gasteiger partial charge in [-0.25, -0.2) is 9.55 Å². The van der Waals surface area contributed by atoms with Gasteiger partial charge in [0.05, 0.1) is 12.0 Å². The van der Waals surface area contributed by atoms with Crippen LogP contribution in [0.2, 0.25) is 0 Å². The molecule has 1 heterocycles. The minimum atomic E-state index is 0.619. The van der Waals surface area contributed by atoms with E-state index in [4.69, 9.17) is 0 Å². The zero-order valence-corrected chi connectivity index (χ0v) is 32.5. The molecule has 1 aromatic rings. The number of aromatic nitrogens is 2. The molecule has 0 aliphatic rings. The fourth-order valence-electron chi connectivity index (χ4n) is 7.66. The van der Waals surface area contributed by atoms with Gasteiger partial charge in [-0.2, -0.15) is 0 Å². The van der Waals surface area contributed by atoms with Gasteiger partial charge < -0.3 is 0 Å². The Morgan fingerprint density at radius 1 is 0.413 bits per heavy atom. The molecule has 0 saturated heterocycles. The number of imidazole rings is 1. The fraction of sp³-hybridized carbons (Fsp3) is 0.932. The van der Waals surface area contributed by atoms with Crippen LogP contribution in [-0.4, -0.2) is 4.98 Å². The van der Waals surface area contributed by atoms with E-state index >= 15 is 0 Å². The van der Waals surface area contributed by atoms with Crippen LogP contribution in [0.5, 0.6) is 0 Å². The Hall–Kier alpha value is -0.790. The zero-order chi connectivity index (χ0) is 33.2. The molecular formula is C44H87N2+. The van der Waals surface area contributed by atoms with Crippen LogP contribution in [0, 0.1) is 0 Å². The molecule has 0 bridgehead atoms. The summed E-state index contributed by atoms with van der Waals surface area (Å²) in [5.41, 5.74) is 0. The van der Waals surface area contributed by atoms with E-state index in [9.17, 15) is 0 Å². The lowest BCUT2D eigenvalue weighted by molar-refractivity contribution is -0.727. The lowest BCUT2D eigenvalue weighted by atomic mass is 9.92. The van der Waals surface area contributed by atoms with Crippen molar-refractivity contribution >= 4 is 0 Å². The third-order valence-electron chi connectivity index (χ3n) is 10.9. The Bertz CT molecular complexity index is 679. The Balaban J connectivity index is 2.37. The van der Waals surface area contributed by atoms with Gasteiger partial charge in [0, 0.05) is 0 Å². The Morgan fingerprint density at radius 2 is 0.696 bits per heavy atom. The van der Waals surface area contributed by atoms with E-state index in [0.29, 0.717) is 12.0 Å². The Labute approximate surface area is 291 Å². The number of unbranched alkanes of at least 4 members (excludes halogenated alkanes) is 29. The number of H-pyrrole nitrogens is 1. The van der Waals surface area contributed by atoms with E-state index in [2.05, 4.69) is 49.6 Å². The predicted molar refractivity (Wildman–Crippen MR) is 207 cm³/mol. The molecule has 1 rings (SSSR count). The molecule has 0 radical (unpaired) electrons. The van der Waals surface area contributed by atoms with Gasteiger partial charge in [-0.05, 0) is 32.6 Å². The van der Waals surface area contributed by atoms with Gasteiger partial charge in [0.25, 0.3) is 5.82 Å². The summed E-state index contributed by atoms with van der Waals surface area (Å²) >= 11 is 0. The maximum Gasteiger partial charge on any atom is 0.257 e. The van der Waals surface area contributed by atoms with Crippen molar-refractivity contribution in [2.75, 3.05) is 0 Å². The maximum atomic E-state index is 3.76. The predicted octanol–water partition coefficient (Wildman–Crippen LogP) is 15.7. The summed E-state index contributed by atoms with van der Waals surface area (Å²) in [4.78, 5) is 3.76. The van der Waals surface area contributed by atoms with Gasteiger partial charge in [-0.15, -0.1) is 0 Å². The van der Waals surface area contributed by atoms with Crippen LogP contribution < -0.4 is 4.57 Å². The van der Waals surface area contributed by atoms with Gasteiger partial charge >= 0.3 is 0 Å². The van der Waals surface area contributed by atoms with Crippen LogP contribution in [-0.2, 0) is 0 Å². The molecule has 0 aromatic carbocycles. The van der Waals surface area contributed by atoms with E-state index in [1.807, 2.05) is 0 Å². The number of aromatic amines is 1. The van der Waals surface area contributed by atoms with Crippen molar-refractivity contribution in [3.05, 3.63) is 18.2 Å². The van der Waals surface area contributed by atoms with Crippen molar-refractivity contribution in [3.63, 3.8) is 0 Å². The second kappa shape index (κ2) is 34.1. The smallest absolute Gasteiger partial charge is 0.247 e. The number of hydrogen-bond acceptors (Lipinski definition) is 0. The van der Waals surface area contributed by atoms with Crippen molar-refractivity contribution < 1.29 is 4.57 Å². The van der Waals surface area contributed by atoms with Crippen LogP contribution in [0.4, 0.5) is 0 Å². The van der Waals surface area contributed by atoms with Crippen LogP contribution >= 0.6 is 0 Å². The quantitative estimate of drug-likeness (QED) is 0.0550. The van der Waals surface area contributed by atoms with Crippen molar-refractivity contribution in [1.82, 2.24) is 4.98 Å². The molecule has 0 saturated carbocycles. The van der Waals surface area contributed by atoms with E-state index < -0.39 is 0 Å². The molecule has 1 atom stereocenters. The summed E-state index contributed by atoms with van der Waals surface area (Å²) < 4.78 is 2.64. The van der Waals surface area contributed by atoms with E-state index in [1.165, 1.54) is 231 Å². The first-order valence-corrected chi connectivity index (χ1v) is 21.8. The number of nitrogens with one attached hydrogen (secondary N) is 1. The number of rotatable bonds is 37. The molecule has 2 heteroatoms. The van der Waals surface area contributed by atoms with Crippen molar-refractivity contribution in [2.24, 2.45) is 0 Å². The average Bonchev–Trinajstić information content (AvgIpc) is 3.56. The van der Waals surface area contributed by atoms with E-state index in [1.54, 1.807) is 0 Å². The van der Waals surface area contributed by atoms with Crippen LogP contribution in [0.15, 0.2) is 12.4 Å². The monoisotopic (exact) mass is 644 g/mol. The summed E-state index contributed by atoms with van der Waals surface area (Å²) in [7, 11) is 0. The third kappa shape index (κ3) is 25.3. The third-order valence-corrected chi connectivity index (χ3v) is 10.9. The van der Waals surface area contributed by atoms with Crippen molar-refractivity contribution in [2.45, 2.75) is 264 Å². The van der Waals surface area contributed by atoms with Gasteiger partial charge in [-0.3, -0.25) is 0 Å². The molecule has 0 aliphatic heterocycles. The Morgan fingerprint density at radius 3 is 1.02 bits per heavy atom. The summed E-state index contributed by atoms with van der Waals surface area (Å²) in [5.74, 6) is 2.25. The van der Waals surface area contributed by atoms with Crippen molar-refractivity contribution in [1.29, 1.82) is 0 Å². The van der Waals surface area contributed by atoms with Crippen molar-refractivity contribution in [3.8, 4) is 0 Å². The van der Waals surface area contributed by atoms with Gasteiger partial charge in [-0.1, -0.05) is 220 Å². The van der Waals surface area contributed by atoms with Gasteiger partial charge in [0.1, 0.15) is 12.4 Å². The van der Waals surface area contributed by atoms with Gasteiger partial charge in [0.15, 0.2) is 0 Å². The lowest BCUT2D eigenvalue weighted by Gasteiger charge is -2.17. The summed E-state index contributed by atoms with van der Waals surface area (Å²) in [6, 6.07) is 0.619. The minimum absolute atomic E-state index is 0.619. The topological polar surface area (TPSA) is 19.7 Å². The first-order valence-electron chi connectivity index (χ1n) is 21.8. The summed E-state index contributed by atoms with van der Waals surface area (Å²) in [6.45, 7) is 9.42. The molecule has 2 nitrogen and oxygen atoms in total. The van der Waals surface area contributed by atoms with E-state index in [0.717, 1.165) is 0 Å². The highest BCUT2D eigenvalue weighted by Crippen LogP contribution is 2.27. The minimum Gasteiger partial charge on any atom is -0.247 e. The molecule has 1 N–H and O–H groups in total. The average molecular weight is 644 g/mol. The number of nitrogens with zero attached hydrogens (tertiary/aromatic N) is 1.